The molecule has 0 radical (unpaired) electrons. The molecule has 1 heterocycles. The summed E-state index contributed by atoms with van der Waals surface area (Å²) in [6, 6.07) is 8.04. The molecular weight excluding hydrogens is 202 g/mol. The number of H-pyrrole nitrogens is 1. The summed E-state index contributed by atoms with van der Waals surface area (Å²) in [6.07, 6.45) is 3.18. The average molecular weight is 215 g/mol. The Balaban J connectivity index is 1.93. The number of aromatic nitrogens is 2. The molecule has 0 saturated carbocycles. The van der Waals surface area contributed by atoms with Gasteiger partial charge in [-0.1, -0.05) is 29.8 Å². The number of carbonyl (C=O) groups excluding carboxylic acids is 1. The van der Waals surface area contributed by atoms with Crippen LogP contribution in [0.3, 0.4) is 0 Å². The Labute approximate surface area is 93.7 Å². The number of nitrogens with zero attached hydrogens (tertiary/aromatic N) is 1. The molecule has 2 rings (SSSR count). The van der Waals surface area contributed by atoms with Gasteiger partial charge >= 0.3 is 0 Å². The average Bonchev–Trinajstić information content (AvgIpc) is 2.81. The fourth-order valence-corrected chi connectivity index (χ4v) is 1.36. The van der Waals surface area contributed by atoms with Gasteiger partial charge in [-0.15, -0.1) is 0 Å². The van der Waals surface area contributed by atoms with Crippen LogP contribution in [0.4, 0.5) is 0 Å². The van der Waals surface area contributed by atoms with Gasteiger partial charge in [0.2, 0.25) is 0 Å². The molecule has 0 bridgehead atoms. The molecule has 82 valence electrons. The summed E-state index contributed by atoms with van der Waals surface area (Å²) in [5, 5.41) is 2.79. The van der Waals surface area contributed by atoms with Gasteiger partial charge in [0.05, 0.1) is 0 Å². The lowest BCUT2D eigenvalue weighted by molar-refractivity contribution is 0.0941. The van der Waals surface area contributed by atoms with Crippen molar-refractivity contribution >= 4 is 5.91 Å². The van der Waals surface area contributed by atoms with E-state index in [0.717, 1.165) is 5.56 Å². The summed E-state index contributed by atoms with van der Waals surface area (Å²) in [4.78, 5) is 18.2. The first-order valence-corrected chi connectivity index (χ1v) is 5.09. The summed E-state index contributed by atoms with van der Waals surface area (Å²) in [7, 11) is 0. The fourth-order valence-electron chi connectivity index (χ4n) is 1.36. The number of aryl methyl sites for hydroxylation is 1. The fraction of sp³-hybridized carbons (Fsp3) is 0.167. The maximum Gasteiger partial charge on any atom is 0.287 e. The van der Waals surface area contributed by atoms with Crippen LogP contribution >= 0.6 is 0 Å². The summed E-state index contributed by atoms with van der Waals surface area (Å²) < 4.78 is 0. The minimum atomic E-state index is -0.189. The molecule has 4 nitrogen and oxygen atoms in total. The molecule has 2 N–H and O–H groups in total. The molecule has 1 amide bonds. The van der Waals surface area contributed by atoms with Gasteiger partial charge in [-0.05, 0) is 12.5 Å². The second-order valence-corrected chi connectivity index (χ2v) is 3.61. The number of nitrogens with one attached hydrogen (secondary N) is 2. The smallest absolute Gasteiger partial charge is 0.287 e. The lowest BCUT2D eigenvalue weighted by atomic mass is 10.1. The lowest BCUT2D eigenvalue weighted by Gasteiger charge is -2.03. The van der Waals surface area contributed by atoms with Crippen molar-refractivity contribution in [2.24, 2.45) is 0 Å². The molecule has 1 aromatic carbocycles. The molecule has 4 heteroatoms. The zero-order valence-corrected chi connectivity index (χ0v) is 9.03. The Hall–Kier alpha value is -2.10. The normalized spacial score (nSPS) is 10.1. The van der Waals surface area contributed by atoms with E-state index in [0.29, 0.717) is 12.4 Å². The molecule has 2 aromatic rings. The van der Waals surface area contributed by atoms with Crippen molar-refractivity contribution in [1.82, 2.24) is 15.3 Å². The Morgan fingerprint density at radius 2 is 2.12 bits per heavy atom. The van der Waals surface area contributed by atoms with E-state index in [1.807, 2.05) is 31.2 Å². The minimum Gasteiger partial charge on any atom is -0.345 e. The van der Waals surface area contributed by atoms with E-state index in [4.69, 9.17) is 0 Å². The van der Waals surface area contributed by atoms with Crippen LogP contribution in [0, 0.1) is 6.92 Å². The Kier molecular flexibility index (Phi) is 3.00. The van der Waals surface area contributed by atoms with Gasteiger partial charge in [-0.2, -0.15) is 0 Å². The number of imidazole rings is 1. The van der Waals surface area contributed by atoms with Crippen molar-refractivity contribution in [3.63, 3.8) is 0 Å². The van der Waals surface area contributed by atoms with Crippen molar-refractivity contribution in [2.45, 2.75) is 13.5 Å². The molecule has 0 unspecified atom stereocenters. The highest BCUT2D eigenvalue weighted by atomic mass is 16.2. The van der Waals surface area contributed by atoms with E-state index in [2.05, 4.69) is 15.3 Å². The topological polar surface area (TPSA) is 57.8 Å². The van der Waals surface area contributed by atoms with Crippen LogP contribution in [0.2, 0.25) is 0 Å². The van der Waals surface area contributed by atoms with Crippen molar-refractivity contribution in [3.8, 4) is 0 Å². The van der Waals surface area contributed by atoms with E-state index >= 15 is 0 Å². The SMILES string of the molecule is Cc1ccc(CNC(=O)c2ncc[nH]2)cc1. The number of hydrogen-bond acceptors (Lipinski definition) is 2. The number of hydrogen-bond donors (Lipinski definition) is 2. The van der Waals surface area contributed by atoms with E-state index in [1.165, 1.54) is 5.56 Å². The van der Waals surface area contributed by atoms with Crippen molar-refractivity contribution in [2.75, 3.05) is 0 Å². The van der Waals surface area contributed by atoms with Gasteiger partial charge in [0, 0.05) is 18.9 Å². The monoisotopic (exact) mass is 215 g/mol. The van der Waals surface area contributed by atoms with Crippen molar-refractivity contribution in [3.05, 3.63) is 53.6 Å². The third-order valence-electron chi connectivity index (χ3n) is 2.29. The molecule has 0 aliphatic rings. The van der Waals surface area contributed by atoms with Crippen molar-refractivity contribution < 1.29 is 4.79 Å². The first kappa shape index (κ1) is 10.4. The van der Waals surface area contributed by atoms with Crippen LogP contribution in [-0.4, -0.2) is 15.9 Å². The minimum absolute atomic E-state index is 0.189. The lowest BCUT2D eigenvalue weighted by Crippen LogP contribution is -2.23. The van der Waals surface area contributed by atoms with Gasteiger partial charge in [0.25, 0.3) is 5.91 Å². The standard InChI is InChI=1S/C12H13N3O/c1-9-2-4-10(5-3-9)8-15-12(16)11-13-6-7-14-11/h2-7H,8H2,1H3,(H,13,14)(H,15,16). The first-order valence-electron chi connectivity index (χ1n) is 5.09. The van der Waals surface area contributed by atoms with Gasteiger partial charge in [0.1, 0.15) is 0 Å². The summed E-state index contributed by atoms with van der Waals surface area (Å²) in [5.41, 5.74) is 2.28. The predicted octanol–water partition coefficient (Wildman–Crippen LogP) is 1.65. The number of rotatable bonds is 3. The maximum absolute atomic E-state index is 11.5. The molecule has 0 aliphatic carbocycles. The summed E-state index contributed by atoms with van der Waals surface area (Å²) in [5.74, 6) is 0.151. The Morgan fingerprint density at radius 3 is 2.75 bits per heavy atom. The number of amides is 1. The Morgan fingerprint density at radius 1 is 1.38 bits per heavy atom. The maximum atomic E-state index is 11.5. The van der Waals surface area contributed by atoms with Crippen LogP contribution in [0.15, 0.2) is 36.7 Å². The largest absolute Gasteiger partial charge is 0.345 e. The molecule has 0 fully saturated rings. The zero-order chi connectivity index (χ0) is 11.4. The van der Waals surface area contributed by atoms with Crippen LogP contribution in [-0.2, 0) is 6.54 Å². The van der Waals surface area contributed by atoms with Crippen LogP contribution in [0.1, 0.15) is 21.7 Å². The predicted molar refractivity (Wildman–Crippen MR) is 60.9 cm³/mol. The van der Waals surface area contributed by atoms with Crippen LogP contribution in [0.5, 0.6) is 0 Å². The van der Waals surface area contributed by atoms with Crippen molar-refractivity contribution in [1.29, 1.82) is 0 Å². The molecule has 0 saturated heterocycles. The second kappa shape index (κ2) is 4.61. The van der Waals surface area contributed by atoms with E-state index < -0.39 is 0 Å². The van der Waals surface area contributed by atoms with Gasteiger partial charge in [0.15, 0.2) is 5.82 Å². The highest BCUT2D eigenvalue weighted by Gasteiger charge is 2.06. The van der Waals surface area contributed by atoms with Crippen LogP contribution < -0.4 is 5.32 Å². The first-order chi connectivity index (χ1) is 7.75. The van der Waals surface area contributed by atoms with E-state index in [-0.39, 0.29) is 5.91 Å². The highest BCUT2D eigenvalue weighted by molar-refractivity contribution is 5.90. The quantitative estimate of drug-likeness (QED) is 0.817. The number of benzene rings is 1. The molecule has 1 aromatic heterocycles. The molecule has 16 heavy (non-hydrogen) atoms. The Bertz CT molecular complexity index is 460. The molecular formula is C12H13N3O. The van der Waals surface area contributed by atoms with E-state index in [9.17, 15) is 4.79 Å². The van der Waals surface area contributed by atoms with Gasteiger partial charge < -0.3 is 10.3 Å². The summed E-state index contributed by atoms with van der Waals surface area (Å²) >= 11 is 0. The van der Waals surface area contributed by atoms with E-state index in [1.54, 1.807) is 12.4 Å². The molecule has 0 spiro atoms. The third-order valence-corrected chi connectivity index (χ3v) is 2.29. The third kappa shape index (κ3) is 2.48. The summed E-state index contributed by atoms with van der Waals surface area (Å²) in [6.45, 7) is 2.55. The molecule has 0 atom stereocenters. The van der Waals surface area contributed by atoms with Crippen LogP contribution in [0.25, 0.3) is 0 Å². The van der Waals surface area contributed by atoms with Gasteiger partial charge in [-0.3, -0.25) is 4.79 Å². The van der Waals surface area contributed by atoms with Gasteiger partial charge in [-0.25, -0.2) is 4.98 Å². The highest BCUT2D eigenvalue weighted by Crippen LogP contribution is 2.02. The number of carbonyl (C=O) groups is 1. The molecule has 0 aliphatic heterocycles. The zero-order valence-electron chi connectivity index (χ0n) is 9.03. The number of aromatic amines is 1. The second-order valence-electron chi connectivity index (χ2n) is 3.61.